The molecule has 1 atom stereocenters. The van der Waals surface area contributed by atoms with Crippen molar-refractivity contribution in [3.63, 3.8) is 0 Å². The van der Waals surface area contributed by atoms with E-state index in [4.69, 9.17) is 9.47 Å². The van der Waals surface area contributed by atoms with Crippen molar-refractivity contribution < 1.29 is 24.2 Å². The van der Waals surface area contributed by atoms with Gasteiger partial charge in [-0.3, -0.25) is 14.6 Å². The lowest BCUT2D eigenvalue weighted by molar-refractivity contribution is -0.140. The van der Waals surface area contributed by atoms with Gasteiger partial charge in [0.15, 0.2) is 0 Å². The fourth-order valence-corrected chi connectivity index (χ4v) is 5.18. The molecular formula is C34H32N2O5. The molecule has 1 unspecified atom stereocenters. The highest BCUT2D eigenvalue weighted by molar-refractivity contribution is 6.46. The smallest absolute Gasteiger partial charge is 0.295 e. The lowest BCUT2D eigenvalue weighted by Crippen LogP contribution is -2.29. The van der Waals surface area contributed by atoms with Gasteiger partial charge in [0, 0.05) is 24.5 Å². The summed E-state index contributed by atoms with van der Waals surface area (Å²) in [4.78, 5) is 32.8. The van der Waals surface area contributed by atoms with Crippen LogP contribution in [0.15, 0.2) is 96.8 Å². The molecule has 0 radical (unpaired) electrons. The first-order valence-corrected chi connectivity index (χ1v) is 13.5. The number of ketones is 1. The minimum absolute atomic E-state index is 0.0266. The molecule has 1 N–H and O–H groups in total. The maximum Gasteiger partial charge on any atom is 0.295 e. The molecule has 1 saturated heterocycles. The molecule has 5 rings (SSSR count). The maximum atomic E-state index is 13.7. The molecule has 0 spiro atoms. The van der Waals surface area contributed by atoms with Gasteiger partial charge in [-0.1, -0.05) is 50.2 Å². The average Bonchev–Trinajstić information content (AvgIpc) is 3.22. The van der Waals surface area contributed by atoms with Crippen molar-refractivity contribution in [2.75, 3.05) is 7.11 Å². The molecule has 1 aliphatic rings. The maximum absolute atomic E-state index is 13.7. The van der Waals surface area contributed by atoms with Crippen molar-refractivity contribution in [3.8, 4) is 17.2 Å². The number of aryl methyl sites for hydroxylation is 1. The Balaban J connectivity index is 1.67. The van der Waals surface area contributed by atoms with Gasteiger partial charge in [-0.2, -0.15) is 0 Å². The summed E-state index contributed by atoms with van der Waals surface area (Å²) in [5.41, 5.74) is 3.52. The fourth-order valence-electron chi connectivity index (χ4n) is 5.18. The summed E-state index contributed by atoms with van der Waals surface area (Å²) in [7, 11) is 1.61. The number of aromatic nitrogens is 1. The van der Waals surface area contributed by atoms with Gasteiger partial charge in [-0.05, 0) is 77.6 Å². The largest absolute Gasteiger partial charge is 0.507 e. The molecule has 2 heterocycles. The van der Waals surface area contributed by atoms with Crippen LogP contribution in [0, 0.1) is 6.92 Å². The summed E-state index contributed by atoms with van der Waals surface area (Å²) in [6.07, 6.45) is 3.31. The number of aliphatic hydroxyl groups excluding tert-OH is 1. The number of para-hydroxylation sites is 1. The predicted molar refractivity (Wildman–Crippen MR) is 157 cm³/mol. The van der Waals surface area contributed by atoms with Crippen LogP contribution in [0.4, 0.5) is 0 Å². The Morgan fingerprint density at radius 3 is 2.41 bits per heavy atom. The lowest BCUT2D eigenvalue weighted by Gasteiger charge is -2.26. The summed E-state index contributed by atoms with van der Waals surface area (Å²) < 4.78 is 11.6. The number of nitrogens with zero attached hydrogens (tertiary/aromatic N) is 2. The second kappa shape index (κ2) is 11.7. The standard InChI is InChI=1S/C34H32N2O5/c1-21(2)27-18-28(22(3)16-29(27)40-4)32(37)30-31(36(34(39)33(30)38)20-23-10-9-15-35-19-23)24-11-8-14-26(17-24)41-25-12-6-5-7-13-25/h5-19,21,31,37H,20H2,1-4H3/b32-30+. The van der Waals surface area contributed by atoms with Crippen LogP contribution in [-0.4, -0.2) is 33.8 Å². The van der Waals surface area contributed by atoms with Crippen molar-refractivity contribution in [2.45, 2.75) is 39.3 Å². The van der Waals surface area contributed by atoms with E-state index >= 15 is 0 Å². The average molecular weight is 549 g/mol. The van der Waals surface area contributed by atoms with Crippen LogP contribution in [0.2, 0.25) is 0 Å². The molecule has 1 aliphatic heterocycles. The van der Waals surface area contributed by atoms with Gasteiger partial charge >= 0.3 is 0 Å². The minimum Gasteiger partial charge on any atom is -0.507 e. The zero-order valence-electron chi connectivity index (χ0n) is 23.5. The number of pyridine rings is 1. The SMILES string of the molecule is COc1cc(C)c(/C(O)=C2\C(=O)C(=O)N(Cc3cccnc3)C2c2cccc(Oc3ccccc3)c2)cc1C(C)C. The Bertz CT molecular complexity index is 1610. The van der Waals surface area contributed by atoms with E-state index in [1.807, 2.05) is 87.5 Å². The summed E-state index contributed by atoms with van der Waals surface area (Å²) in [5, 5.41) is 11.8. The van der Waals surface area contributed by atoms with E-state index in [-0.39, 0.29) is 23.8 Å². The van der Waals surface area contributed by atoms with Crippen molar-refractivity contribution in [1.82, 2.24) is 9.88 Å². The molecule has 4 aromatic rings. The highest BCUT2D eigenvalue weighted by Crippen LogP contribution is 2.43. The molecular weight excluding hydrogens is 516 g/mol. The van der Waals surface area contributed by atoms with E-state index in [1.54, 1.807) is 31.6 Å². The van der Waals surface area contributed by atoms with Crippen molar-refractivity contribution in [3.05, 3.63) is 125 Å². The highest BCUT2D eigenvalue weighted by atomic mass is 16.5. The summed E-state index contributed by atoms with van der Waals surface area (Å²) in [5.74, 6) is 0.351. The summed E-state index contributed by atoms with van der Waals surface area (Å²) in [6, 6.07) is 23.1. The van der Waals surface area contributed by atoms with Gasteiger partial charge in [0.25, 0.3) is 11.7 Å². The number of aliphatic hydroxyl groups is 1. The van der Waals surface area contributed by atoms with E-state index in [2.05, 4.69) is 4.98 Å². The van der Waals surface area contributed by atoms with Crippen molar-refractivity contribution >= 4 is 17.4 Å². The number of likely N-dealkylation sites (tertiary alicyclic amines) is 1. The first-order chi connectivity index (χ1) is 19.8. The lowest BCUT2D eigenvalue weighted by atomic mass is 9.91. The van der Waals surface area contributed by atoms with Crippen LogP contribution >= 0.6 is 0 Å². The van der Waals surface area contributed by atoms with E-state index in [0.717, 1.165) is 16.7 Å². The summed E-state index contributed by atoms with van der Waals surface area (Å²) >= 11 is 0. The quantitative estimate of drug-likeness (QED) is 0.146. The van der Waals surface area contributed by atoms with E-state index < -0.39 is 17.7 Å². The van der Waals surface area contributed by atoms with Crippen LogP contribution in [0.5, 0.6) is 17.2 Å². The Labute approximate surface area is 239 Å². The zero-order chi connectivity index (χ0) is 29.1. The third-order valence-corrected chi connectivity index (χ3v) is 7.22. The number of carbonyl (C=O) groups excluding carboxylic acids is 2. The van der Waals surface area contributed by atoms with Crippen molar-refractivity contribution in [2.24, 2.45) is 0 Å². The number of methoxy groups -OCH3 is 1. The second-order valence-electron chi connectivity index (χ2n) is 10.3. The first-order valence-electron chi connectivity index (χ1n) is 13.5. The Morgan fingerprint density at radius 2 is 1.73 bits per heavy atom. The Kier molecular flexibility index (Phi) is 7.88. The number of benzene rings is 3. The van der Waals surface area contributed by atoms with Gasteiger partial charge in [-0.25, -0.2) is 0 Å². The van der Waals surface area contributed by atoms with Crippen LogP contribution in [0.1, 0.15) is 53.6 Å². The molecule has 7 heteroatoms. The molecule has 7 nitrogen and oxygen atoms in total. The van der Waals surface area contributed by atoms with Crippen LogP contribution in [0.3, 0.4) is 0 Å². The van der Waals surface area contributed by atoms with Crippen LogP contribution in [0.25, 0.3) is 5.76 Å². The molecule has 0 bridgehead atoms. The molecule has 3 aromatic carbocycles. The van der Waals surface area contributed by atoms with Crippen molar-refractivity contribution in [1.29, 1.82) is 0 Å². The third-order valence-electron chi connectivity index (χ3n) is 7.22. The Morgan fingerprint density at radius 1 is 0.976 bits per heavy atom. The third kappa shape index (κ3) is 5.57. The van der Waals surface area contributed by atoms with E-state index in [9.17, 15) is 14.7 Å². The monoisotopic (exact) mass is 548 g/mol. The fraction of sp³-hybridized carbons (Fsp3) is 0.206. The minimum atomic E-state index is -0.849. The Hall–Kier alpha value is -4.91. The second-order valence-corrected chi connectivity index (χ2v) is 10.3. The molecule has 41 heavy (non-hydrogen) atoms. The highest BCUT2D eigenvalue weighted by Gasteiger charge is 2.46. The number of carbonyl (C=O) groups is 2. The predicted octanol–water partition coefficient (Wildman–Crippen LogP) is 6.94. The van der Waals surface area contributed by atoms with E-state index in [1.165, 1.54) is 4.90 Å². The number of Topliss-reactive ketones (excluding diaryl/α,β-unsaturated/α-hetero) is 1. The number of hydrogen-bond acceptors (Lipinski definition) is 6. The molecule has 0 aliphatic carbocycles. The number of ether oxygens (including phenoxy) is 2. The van der Waals surface area contributed by atoms with Gasteiger partial charge in [0.05, 0.1) is 18.7 Å². The molecule has 0 saturated carbocycles. The van der Waals surface area contributed by atoms with Gasteiger partial charge < -0.3 is 19.5 Å². The topological polar surface area (TPSA) is 89.0 Å². The number of rotatable bonds is 8. The number of amides is 1. The van der Waals surface area contributed by atoms with Gasteiger partial charge in [0.1, 0.15) is 23.0 Å². The van der Waals surface area contributed by atoms with Gasteiger partial charge in [-0.15, -0.1) is 0 Å². The van der Waals surface area contributed by atoms with Crippen LogP contribution < -0.4 is 9.47 Å². The zero-order valence-corrected chi connectivity index (χ0v) is 23.5. The first kappa shape index (κ1) is 27.6. The molecule has 208 valence electrons. The van der Waals surface area contributed by atoms with E-state index in [0.29, 0.717) is 28.4 Å². The molecule has 1 amide bonds. The molecule has 1 aromatic heterocycles. The van der Waals surface area contributed by atoms with Crippen LogP contribution in [-0.2, 0) is 16.1 Å². The number of hydrogen-bond donors (Lipinski definition) is 1. The summed E-state index contributed by atoms with van der Waals surface area (Å²) in [6.45, 7) is 6.04. The van der Waals surface area contributed by atoms with Gasteiger partial charge in [0.2, 0.25) is 0 Å². The molecule has 1 fully saturated rings. The normalized spacial score (nSPS) is 16.3.